The number of hydrogen-bond donors (Lipinski definition) is 2. The zero-order valence-corrected chi connectivity index (χ0v) is 23.6. The molecule has 2 aromatic rings. The number of hydrogen-bond acceptors (Lipinski definition) is 6. The lowest BCUT2D eigenvalue weighted by molar-refractivity contribution is 0.0917. The number of carbonyl (C=O) groups is 2. The molecule has 2 aliphatic rings. The maximum absolute atomic E-state index is 12.8. The summed E-state index contributed by atoms with van der Waals surface area (Å²) in [6, 6.07) is 11.0. The quantitative estimate of drug-likeness (QED) is 0.421. The topological polar surface area (TPSA) is 95.1 Å². The fraction of sp³-hybridized carbons (Fsp3) is 0.548. The monoisotopic (exact) mass is 538 g/mol. The van der Waals surface area contributed by atoms with Crippen molar-refractivity contribution in [2.24, 2.45) is 11.8 Å². The van der Waals surface area contributed by atoms with Gasteiger partial charge in [0, 0.05) is 23.2 Å². The Labute approximate surface area is 231 Å². The van der Waals surface area contributed by atoms with Crippen molar-refractivity contribution in [3.8, 4) is 23.0 Å². The first-order valence-electron chi connectivity index (χ1n) is 14.0. The number of nitrogens with one attached hydrogen (secondary N) is 2. The van der Waals surface area contributed by atoms with Crippen LogP contribution in [0, 0.1) is 11.8 Å². The van der Waals surface area contributed by atoms with E-state index in [1.54, 1.807) is 64.8 Å². The Hall–Kier alpha value is -3.42. The highest BCUT2D eigenvalue weighted by molar-refractivity contribution is 5.95. The van der Waals surface area contributed by atoms with E-state index in [-0.39, 0.29) is 23.9 Å². The number of amides is 2. The SMILES string of the molecule is COc1ccc(C(=O)NC2CCC(CC3CCC(NC(=O)c4ccc(OC)c(OC)c4)CC3)CC2)cc1OC. The van der Waals surface area contributed by atoms with Crippen LogP contribution >= 0.6 is 0 Å². The average Bonchev–Trinajstić information content (AvgIpc) is 2.98. The summed E-state index contributed by atoms with van der Waals surface area (Å²) < 4.78 is 21.2. The van der Waals surface area contributed by atoms with Crippen LogP contribution in [0.25, 0.3) is 0 Å². The van der Waals surface area contributed by atoms with Crippen LogP contribution in [0.4, 0.5) is 0 Å². The molecule has 0 unspecified atom stereocenters. The largest absolute Gasteiger partial charge is 0.493 e. The van der Waals surface area contributed by atoms with Gasteiger partial charge < -0.3 is 29.6 Å². The standard InChI is InChI=1S/C31H42N2O6/c1-36-26-15-9-22(18-28(26)38-3)30(34)32-24-11-5-20(6-12-24)17-21-7-13-25(14-8-21)33-31(35)23-10-16-27(37-2)29(19-23)39-4/h9-10,15-16,18-21,24-25H,5-8,11-14,17H2,1-4H3,(H,32,34)(H,33,35). The van der Waals surface area contributed by atoms with Crippen molar-refractivity contribution < 1.29 is 28.5 Å². The first-order chi connectivity index (χ1) is 18.9. The molecule has 8 nitrogen and oxygen atoms in total. The molecule has 0 heterocycles. The lowest BCUT2D eigenvalue weighted by atomic mass is 9.75. The third-order valence-corrected chi connectivity index (χ3v) is 8.32. The second-order valence-electron chi connectivity index (χ2n) is 10.8. The lowest BCUT2D eigenvalue weighted by Gasteiger charge is -2.34. The van der Waals surface area contributed by atoms with Crippen molar-refractivity contribution >= 4 is 11.8 Å². The molecule has 39 heavy (non-hydrogen) atoms. The Balaban J connectivity index is 1.17. The van der Waals surface area contributed by atoms with Gasteiger partial charge in [-0.1, -0.05) is 0 Å². The second-order valence-corrected chi connectivity index (χ2v) is 10.8. The summed E-state index contributed by atoms with van der Waals surface area (Å²) in [6.07, 6.45) is 9.88. The van der Waals surface area contributed by atoms with Gasteiger partial charge in [0.1, 0.15) is 0 Å². The Morgan fingerprint density at radius 1 is 0.590 bits per heavy atom. The summed E-state index contributed by atoms with van der Waals surface area (Å²) in [5, 5.41) is 6.42. The van der Waals surface area contributed by atoms with Crippen molar-refractivity contribution in [1.29, 1.82) is 0 Å². The van der Waals surface area contributed by atoms with Crippen molar-refractivity contribution in [1.82, 2.24) is 10.6 Å². The van der Waals surface area contributed by atoms with Gasteiger partial charge in [0.2, 0.25) is 0 Å². The van der Waals surface area contributed by atoms with E-state index in [1.165, 1.54) is 6.42 Å². The van der Waals surface area contributed by atoms with Gasteiger partial charge in [0.25, 0.3) is 11.8 Å². The van der Waals surface area contributed by atoms with Crippen molar-refractivity contribution in [2.45, 2.75) is 69.9 Å². The summed E-state index contributed by atoms with van der Waals surface area (Å²) in [5.41, 5.74) is 1.18. The van der Waals surface area contributed by atoms with Gasteiger partial charge in [0.15, 0.2) is 23.0 Å². The molecule has 4 rings (SSSR count). The molecule has 0 aromatic heterocycles. The average molecular weight is 539 g/mol. The van der Waals surface area contributed by atoms with Crippen molar-refractivity contribution in [2.75, 3.05) is 28.4 Å². The predicted molar refractivity (Wildman–Crippen MR) is 150 cm³/mol. The van der Waals surface area contributed by atoms with Crippen LogP contribution in [0.1, 0.15) is 78.5 Å². The van der Waals surface area contributed by atoms with Gasteiger partial charge in [-0.25, -0.2) is 0 Å². The molecule has 0 spiro atoms. The number of rotatable bonds is 10. The zero-order valence-electron chi connectivity index (χ0n) is 23.6. The third-order valence-electron chi connectivity index (χ3n) is 8.32. The Morgan fingerprint density at radius 2 is 0.949 bits per heavy atom. The molecule has 2 amide bonds. The first kappa shape index (κ1) is 28.6. The van der Waals surface area contributed by atoms with E-state index < -0.39 is 0 Å². The molecule has 0 aliphatic heterocycles. The maximum Gasteiger partial charge on any atom is 0.251 e. The molecule has 0 saturated heterocycles. The fourth-order valence-corrected chi connectivity index (χ4v) is 6.05. The predicted octanol–water partition coefficient (Wildman–Crippen LogP) is 5.39. The molecule has 2 saturated carbocycles. The van der Waals surface area contributed by atoms with Crippen LogP contribution in [0.5, 0.6) is 23.0 Å². The molecular formula is C31H42N2O6. The van der Waals surface area contributed by atoms with Crippen LogP contribution in [0.2, 0.25) is 0 Å². The molecular weight excluding hydrogens is 496 g/mol. The number of benzene rings is 2. The molecule has 212 valence electrons. The van der Waals surface area contributed by atoms with Crippen LogP contribution in [-0.4, -0.2) is 52.3 Å². The molecule has 8 heteroatoms. The Kier molecular flexibility index (Phi) is 9.96. The lowest BCUT2D eigenvalue weighted by Crippen LogP contribution is -2.39. The smallest absolute Gasteiger partial charge is 0.251 e. The second kappa shape index (κ2) is 13.6. The van der Waals surface area contributed by atoms with Gasteiger partial charge in [-0.2, -0.15) is 0 Å². The normalized spacial score (nSPS) is 22.9. The van der Waals surface area contributed by atoms with Crippen molar-refractivity contribution in [3.63, 3.8) is 0 Å². The van der Waals surface area contributed by atoms with Crippen LogP contribution < -0.4 is 29.6 Å². The van der Waals surface area contributed by atoms with Crippen LogP contribution in [0.15, 0.2) is 36.4 Å². The molecule has 2 N–H and O–H groups in total. The van der Waals surface area contributed by atoms with E-state index in [1.807, 2.05) is 0 Å². The summed E-state index contributed by atoms with van der Waals surface area (Å²) in [6.45, 7) is 0. The Morgan fingerprint density at radius 3 is 1.28 bits per heavy atom. The number of carbonyl (C=O) groups excluding carboxylic acids is 2. The minimum atomic E-state index is -0.0622. The minimum Gasteiger partial charge on any atom is -0.493 e. The van der Waals surface area contributed by atoms with E-state index in [9.17, 15) is 9.59 Å². The van der Waals surface area contributed by atoms with E-state index >= 15 is 0 Å². The molecule has 2 aromatic carbocycles. The van der Waals surface area contributed by atoms with Gasteiger partial charge in [-0.3, -0.25) is 9.59 Å². The molecule has 0 radical (unpaired) electrons. The summed E-state index contributed by atoms with van der Waals surface area (Å²) >= 11 is 0. The molecule has 2 aliphatic carbocycles. The highest BCUT2D eigenvalue weighted by atomic mass is 16.5. The summed E-state index contributed by atoms with van der Waals surface area (Å²) in [7, 11) is 6.32. The van der Waals surface area contributed by atoms with Crippen LogP contribution in [0.3, 0.4) is 0 Å². The van der Waals surface area contributed by atoms with Gasteiger partial charge >= 0.3 is 0 Å². The molecule has 0 bridgehead atoms. The van der Waals surface area contributed by atoms with Gasteiger partial charge in [-0.05, 0) is 106 Å². The van der Waals surface area contributed by atoms with E-state index in [4.69, 9.17) is 18.9 Å². The van der Waals surface area contributed by atoms with Gasteiger partial charge in [0.05, 0.1) is 28.4 Å². The van der Waals surface area contributed by atoms with Gasteiger partial charge in [-0.15, -0.1) is 0 Å². The van der Waals surface area contributed by atoms with Crippen LogP contribution in [-0.2, 0) is 0 Å². The van der Waals surface area contributed by atoms with E-state index in [0.29, 0.717) is 46.0 Å². The van der Waals surface area contributed by atoms with E-state index in [2.05, 4.69) is 10.6 Å². The highest BCUT2D eigenvalue weighted by Crippen LogP contribution is 2.36. The molecule has 0 atom stereocenters. The minimum absolute atomic E-state index is 0.0622. The molecule has 2 fully saturated rings. The fourth-order valence-electron chi connectivity index (χ4n) is 6.05. The number of ether oxygens (including phenoxy) is 4. The highest BCUT2D eigenvalue weighted by Gasteiger charge is 2.28. The first-order valence-corrected chi connectivity index (χ1v) is 14.0. The number of methoxy groups -OCH3 is 4. The summed E-state index contributed by atoms with van der Waals surface area (Å²) in [5.74, 6) is 3.64. The summed E-state index contributed by atoms with van der Waals surface area (Å²) in [4.78, 5) is 25.6. The third kappa shape index (κ3) is 7.37. The maximum atomic E-state index is 12.8. The Bertz CT molecular complexity index is 1030. The zero-order chi connectivity index (χ0) is 27.8. The van der Waals surface area contributed by atoms with E-state index in [0.717, 1.165) is 51.4 Å². The van der Waals surface area contributed by atoms with Crippen molar-refractivity contribution in [3.05, 3.63) is 47.5 Å².